The summed E-state index contributed by atoms with van der Waals surface area (Å²) in [5, 5.41) is 0.335. The molecule has 0 aliphatic carbocycles. The Morgan fingerprint density at radius 1 is 1.12 bits per heavy atom. The average Bonchev–Trinajstić information content (AvgIpc) is 3.03. The molecule has 0 bridgehead atoms. The topological polar surface area (TPSA) is 91.5 Å². The molecule has 0 atom stereocenters. The van der Waals surface area contributed by atoms with E-state index >= 15 is 0 Å². The fourth-order valence-corrected chi connectivity index (χ4v) is 3.15. The molecule has 0 spiro atoms. The molecule has 0 unspecified atom stereocenters. The second-order valence-corrected chi connectivity index (χ2v) is 6.34. The lowest BCUT2D eigenvalue weighted by molar-refractivity contribution is 0.103. The molecule has 0 amide bonds. The van der Waals surface area contributed by atoms with Gasteiger partial charge in [0.2, 0.25) is 5.78 Å². The third-order valence-electron chi connectivity index (χ3n) is 3.86. The lowest BCUT2D eigenvalue weighted by Crippen LogP contribution is -2.07. The lowest BCUT2D eigenvalue weighted by Gasteiger charge is -2.05. The third kappa shape index (κ3) is 2.68. The average molecular weight is 395 g/mol. The fourth-order valence-electron chi connectivity index (χ4n) is 2.78. The van der Waals surface area contributed by atoms with Crippen LogP contribution >= 0.6 is 15.9 Å². The van der Waals surface area contributed by atoms with Crippen LogP contribution in [0.15, 0.2) is 64.4 Å². The van der Waals surface area contributed by atoms with Crippen molar-refractivity contribution in [3.63, 3.8) is 0 Å². The van der Waals surface area contributed by atoms with Crippen LogP contribution in [-0.4, -0.2) is 25.7 Å². The normalized spacial score (nSPS) is 10.9. The maximum absolute atomic E-state index is 13.0. The van der Waals surface area contributed by atoms with Crippen LogP contribution in [0, 0.1) is 0 Å². The zero-order chi connectivity index (χ0) is 17.4. The molecule has 122 valence electrons. The summed E-state index contributed by atoms with van der Waals surface area (Å²) in [5.41, 5.74) is 2.04. The first-order valence-corrected chi connectivity index (χ1v) is 8.24. The number of carbonyl (C=O) groups excluding carboxylic acids is 1. The summed E-state index contributed by atoms with van der Waals surface area (Å²) in [4.78, 5) is 39.2. The number of carbonyl (C=O) groups is 1. The highest BCUT2D eigenvalue weighted by atomic mass is 79.9. The van der Waals surface area contributed by atoms with Crippen molar-refractivity contribution in [1.82, 2.24) is 19.9 Å². The fraction of sp³-hybridized carbons (Fsp3) is 0. The number of halogens is 1. The monoisotopic (exact) mass is 394 g/mol. The molecule has 6 nitrogen and oxygen atoms in total. The molecule has 0 saturated carbocycles. The number of ketones is 1. The summed E-state index contributed by atoms with van der Waals surface area (Å²) in [6.45, 7) is 0. The number of H-pyrrole nitrogens is 2. The molecule has 4 aromatic rings. The minimum atomic E-state index is -0.410. The van der Waals surface area contributed by atoms with Crippen LogP contribution in [0.5, 0.6) is 0 Å². The van der Waals surface area contributed by atoms with E-state index in [9.17, 15) is 9.59 Å². The van der Waals surface area contributed by atoms with Gasteiger partial charge >= 0.3 is 0 Å². The number of rotatable bonds is 3. The van der Waals surface area contributed by atoms with E-state index < -0.39 is 5.56 Å². The van der Waals surface area contributed by atoms with Crippen molar-refractivity contribution in [2.24, 2.45) is 0 Å². The van der Waals surface area contributed by atoms with Crippen molar-refractivity contribution in [1.29, 1.82) is 0 Å². The summed E-state index contributed by atoms with van der Waals surface area (Å²) in [6, 6.07) is 10.7. The minimum absolute atomic E-state index is 0.209. The standard InChI is InChI=1S/C18H11BrN4O2/c19-12-6-11(7-20-8-12)13-14-17(21-9-22-18(14)25)23-15(13)16(24)10-4-2-1-3-5-10/h1-9H,(H2,21,22,23,25). The van der Waals surface area contributed by atoms with E-state index in [2.05, 4.69) is 35.9 Å². The largest absolute Gasteiger partial charge is 0.337 e. The number of hydrogen-bond acceptors (Lipinski definition) is 4. The Balaban J connectivity index is 2.05. The van der Waals surface area contributed by atoms with E-state index in [1.807, 2.05) is 12.1 Å². The molecule has 25 heavy (non-hydrogen) atoms. The van der Waals surface area contributed by atoms with Crippen LogP contribution in [0.2, 0.25) is 0 Å². The van der Waals surface area contributed by atoms with Gasteiger partial charge in [-0.1, -0.05) is 30.3 Å². The molecule has 0 aliphatic heterocycles. The van der Waals surface area contributed by atoms with Gasteiger partial charge in [0.1, 0.15) is 5.65 Å². The van der Waals surface area contributed by atoms with Crippen LogP contribution in [0.4, 0.5) is 0 Å². The first-order valence-electron chi connectivity index (χ1n) is 7.45. The Labute approximate surface area is 150 Å². The summed E-state index contributed by atoms with van der Waals surface area (Å²) in [6.07, 6.45) is 4.56. The smallest absolute Gasteiger partial charge is 0.282 e. The molecular weight excluding hydrogens is 384 g/mol. The van der Waals surface area contributed by atoms with Gasteiger partial charge in [-0.3, -0.25) is 14.6 Å². The van der Waals surface area contributed by atoms with Gasteiger partial charge in [0.05, 0.1) is 17.4 Å². The number of aromatic nitrogens is 4. The molecule has 7 heteroatoms. The van der Waals surface area contributed by atoms with E-state index in [1.165, 1.54) is 6.33 Å². The van der Waals surface area contributed by atoms with E-state index in [-0.39, 0.29) is 5.78 Å². The van der Waals surface area contributed by atoms with Crippen molar-refractivity contribution in [2.45, 2.75) is 0 Å². The molecule has 4 rings (SSSR count). The van der Waals surface area contributed by atoms with Crippen molar-refractivity contribution in [2.75, 3.05) is 0 Å². The van der Waals surface area contributed by atoms with E-state index in [1.54, 1.807) is 36.7 Å². The maximum Gasteiger partial charge on any atom is 0.282 e. The second kappa shape index (κ2) is 6.10. The molecule has 0 fully saturated rings. The van der Waals surface area contributed by atoms with Gasteiger partial charge in [-0.15, -0.1) is 0 Å². The molecule has 1 aromatic carbocycles. The zero-order valence-corrected chi connectivity index (χ0v) is 14.4. The van der Waals surface area contributed by atoms with Crippen LogP contribution in [0.25, 0.3) is 22.2 Å². The molecule has 3 aromatic heterocycles. The number of hydrogen-bond donors (Lipinski definition) is 2. The molecule has 0 aliphatic rings. The quantitative estimate of drug-likeness (QED) is 0.521. The summed E-state index contributed by atoms with van der Waals surface area (Å²) in [7, 11) is 0. The van der Waals surface area contributed by atoms with Gasteiger partial charge in [0.15, 0.2) is 0 Å². The zero-order valence-electron chi connectivity index (χ0n) is 12.8. The number of pyridine rings is 1. The van der Waals surface area contributed by atoms with Gasteiger partial charge in [0.25, 0.3) is 5.56 Å². The van der Waals surface area contributed by atoms with E-state index in [0.717, 1.165) is 4.47 Å². The summed E-state index contributed by atoms with van der Waals surface area (Å²) >= 11 is 3.38. The Morgan fingerprint density at radius 3 is 2.68 bits per heavy atom. The van der Waals surface area contributed by atoms with Crippen LogP contribution in [0.3, 0.4) is 0 Å². The van der Waals surface area contributed by atoms with Crippen LogP contribution in [-0.2, 0) is 0 Å². The number of nitrogens with one attached hydrogen (secondary N) is 2. The number of nitrogens with zero attached hydrogens (tertiary/aromatic N) is 2. The number of benzene rings is 1. The van der Waals surface area contributed by atoms with E-state index in [0.29, 0.717) is 33.4 Å². The molecule has 2 N–H and O–H groups in total. The maximum atomic E-state index is 13.0. The number of aromatic amines is 2. The highest BCUT2D eigenvalue weighted by molar-refractivity contribution is 9.10. The Hall–Kier alpha value is -3.06. The summed E-state index contributed by atoms with van der Waals surface area (Å²) < 4.78 is 0.748. The van der Waals surface area contributed by atoms with E-state index in [4.69, 9.17) is 0 Å². The van der Waals surface area contributed by atoms with Gasteiger partial charge < -0.3 is 9.97 Å². The highest BCUT2D eigenvalue weighted by Crippen LogP contribution is 2.31. The predicted octanol–water partition coefficient (Wildman–Crippen LogP) is 3.31. The first-order chi connectivity index (χ1) is 12.1. The SMILES string of the molecule is O=C(c1ccccc1)c1[nH]c2[nH]cnc(=O)c2c1-c1cncc(Br)c1. The number of fused-ring (bicyclic) bond motifs is 1. The Kier molecular flexibility index (Phi) is 3.77. The summed E-state index contributed by atoms with van der Waals surface area (Å²) in [5.74, 6) is -0.209. The van der Waals surface area contributed by atoms with Gasteiger partial charge in [-0.05, 0) is 22.0 Å². The second-order valence-electron chi connectivity index (χ2n) is 5.42. The van der Waals surface area contributed by atoms with Crippen LogP contribution < -0.4 is 5.56 Å². The Morgan fingerprint density at radius 2 is 1.92 bits per heavy atom. The van der Waals surface area contributed by atoms with Crippen molar-refractivity contribution in [3.05, 3.63) is 81.2 Å². The third-order valence-corrected chi connectivity index (χ3v) is 4.29. The van der Waals surface area contributed by atoms with Gasteiger partial charge in [-0.2, -0.15) is 4.98 Å². The van der Waals surface area contributed by atoms with Crippen molar-refractivity contribution < 1.29 is 4.79 Å². The molecule has 3 heterocycles. The van der Waals surface area contributed by atoms with Crippen LogP contribution in [0.1, 0.15) is 16.1 Å². The molecule has 0 radical (unpaired) electrons. The lowest BCUT2D eigenvalue weighted by atomic mass is 10.00. The Bertz CT molecular complexity index is 1150. The minimum Gasteiger partial charge on any atom is -0.337 e. The van der Waals surface area contributed by atoms with Gasteiger partial charge in [-0.25, -0.2) is 0 Å². The predicted molar refractivity (Wildman–Crippen MR) is 97.5 cm³/mol. The van der Waals surface area contributed by atoms with Crippen molar-refractivity contribution >= 4 is 32.7 Å². The van der Waals surface area contributed by atoms with Crippen molar-refractivity contribution in [3.8, 4) is 11.1 Å². The van der Waals surface area contributed by atoms with Gasteiger partial charge in [0, 0.05) is 33.6 Å². The highest BCUT2D eigenvalue weighted by Gasteiger charge is 2.23. The molecular formula is C18H11BrN4O2. The first kappa shape index (κ1) is 15.5. The molecule has 0 saturated heterocycles.